The summed E-state index contributed by atoms with van der Waals surface area (Å²) in [6.07, 6.45) is 2.66. The van der Waals surface area contributed by atoms with E-state index in [0.717, 1.165) is 12.8 Å². The zero-order valence-corrected chi connectivity index (χ0v) is 9.07. The third kappa shape index (κ3) is 2.26. The van der Waals surface area contributed by atoms with Crippen LogP contribution in [-0.4, -0.2) is 18.9 Å². The molecule has 1 fully saturated rings. The van der Waals surface area contributed by atoms with Crippen LogP contribution in [-0.2, 0) is 4.79 Å². The van der Waals surface area contributed by atoms with Crippen LogP contribution in [0.3, 0.4) is 0 Å². The number of likely N-dealkylation sites (N-methyl/N-ethyl adjacent to an activating group) is 1. The van der Waals surface area contributed by atoms with Crippen molar-refractivity contribution in [2.75, 3.05) is 7.05 Å². The highest BCUT2D eigenvalue weighted by Gasteiger charge is 2.27. The molecule has 0 bridgehead atoms. The number of hydrogen-bond acceptors (Lipinski definition) is 2. The first-order valence-electron chi connectivity index (χ1n) is 5.56. The molecule has 1 aromatic rings. The average molecular weight is 203 g/mol. The summed E-state index contributed by atoms with van der Waals surface area (Å²) in [6, 6.07) is 10.6. The van der Waals surface area contributed by atoms with Crippen molar-refractivity contribution in [1.29, 1.82) is 0 Å². The van der Waals surface area contributed by atoms with Crippen LogP contribution in [0.1, 0.15) is 30.7 Å². The summed E-state index contributed by atoms with van der Waals surface area (Å²) in [6.45, 7) is 0. The molecule has 1 N–H and O–H groups in total. The van der Waals surface area contributed by atoms with Crippen LogP contribution in [0, 0.1) is 0 Å². The van der Waals surface area contributed by atoms with E-state index in [0.29, 0.717) is 18.1 Å². The Hall–Kier alpha value is -1.15. The van der Waals surface area contributed by atoms with Gasteiger partial charge in [0, 0.05) is 6.42 Å². The minimum absolute atomic E-state index is 0.0592. The molecule has 0 aliphatic heterocycles. The number of carbonyl (C=O) groups is 1. The second-order valence-electron chi connectivity index (χ2n) is 4.19. The molecular formula is C13H17NO. The van der Waals surface area contributed by atoms with Crippen molar-refractivity contribution < 1.29 is 4.79 Å². The Kier molecular flexibility index (Phi) is 3.17. The first-order chi connectivity index (χ1) is 7.31. The van der Waals surface area contributed by atoms with Gasteiger partial charge in [-0.25, -0.2) is 0 Å². The molecule has 1 aliphatic rings. The Morgan fingerprint density at radius 2 is 2.00 bits per heavy atom. The van der Waals surface area contributed by atoms with Crippen molar-refractivity contribution >= 4 is 5.78 Å². The minimum atomic E-state index is 0.0592. The van der Waals surface area contributed by atoms with E-state index in [1.54, 1.807) is 0 Å². The highest BCUT2D eigenvalue weighted by atomic mass is 16.1. The quantitative estimate of drug-likeness (QED) is 0.797. The fourth-order valence-electron chi connectivity index (χ4n) is 2.33. The van der Waals surface area contributed by atoms with E-state index in [4.69, 9.17) is 0 Å². The van der Waals surface area contributed by atoms with Crippen molar-refractivity contribution in [3.05, 3.63) is 35.9 Å². The van der Waals surface area contributed by atoms with Gasteiger partial charge in [0.25, 0.3) is 0 Å². The molecule has 2 unspecified atom stereocenters. The molecule has 0 aromatic heterocycles. The monoisotopic (exact) mass is 203 g/mol. The third-order valence-electron chi connectivity index (χ3n) is 3.27. The van der Waals surface area contributed by atoms with E-state index in [1.807, 2.05) is 13.1 Å². The van der Waals surface area contributed by atoms with Gasteiger partial charge in [-0.05, 0) is 31.4 Å². The van der Waals surface area contributed by atoms with E-state index < -0.39 is 0 Å². The normalized spacial score (nSPS) is 26.6. The number of nitrogens with one attached hydrogen (secondary N) is 1. The fraction of sp³-hybridized carbons (Fsp3) is 0.462. The van der Waals surface area contributed by atoms with Gasteiger partial charge in [-0.3, -0.25) is 4.79 Å². The van der Waals surface area contributed by atoms with Gasteiger partial charge in [-0.1, -0.05) is 30.3 Å². The maximum Gasteiger partial charge on any atom is 0.149 e. The highest BCUT2D eigenvalue weighted by molar-refractivity contribution is 5.85. The molecule has 1 saturated carbocycles. The number of benzene rings is 1. The van der Waals surface area contributed by atoms with Crippen LogP contribution in [0.4, 0.5) is 0 Å². The van der Waals surface area contributed by atoms with E-state index in [-0.39, 0.29) is 6.04 Å². The molecule has 2 nitrogen and oxygen atoms in total. The average Bonchev–Trinajstić information content (AvgIpc) is 2.31. The summed E-state index contributed by atoms with van der Waals surface area (Å²) in [7, 11) is 1.87. The lowest BCUT2D eigenvalue weighted by atomic mass is 9.81. The predicted molar refractivity (Wildman–Crippen MR) is 60.9 cm³/mol. The summed E-state index contributed by atoms with van der Waals surface area (Å²) in [4.78, 5) is 11.5. The molecule has 0 saturated heterocycles. The zero-order valence-electron chi connectivity index (χ0n) is 9.07. The number of Topliss-reactive ketones (excluding diaryl/α,β-unsaturated/α-hetero) is 1. The number of carbonyl (C=O) groups excluding carboxylic acids is 1. The van der Waals surface area contributed by atoms with Crippen LogP contribution >= 0.6 is 0 Å². The summed E-state index contributed by atoms with van der Waals surface area (Å²) < 4.78 is 0. The highest BCUT2D eigenvalue weighted by Crippen LogP contribution is 2.30. The van der Waals surface area contributed by atoms with Crippen LogP contribution in [0.25, 0.3) is 0 Å². The molecule has 0 amide bonds. The van der Waals surface area contributed by atoms with Gasteiger partial charge >= 0.3 is 0 Å². The zero-order chi connectivity index (χ0) is 10.7. The molecule has 0 radical (unpaired) electrons. The maximum absolute atomic E-state index is 11.5. The van der Waals surface area contributed by atoms with Crippen LogP contribution in [0.15, 0.2) is 30.3 Å². The van der Waals surface area contributed by atoms with Gasteiger partial charge in [-0.2, -0.15) is 0 Å². The summed E-state index contributed by atoms with van der Waals surface area (Å²) in [5, 5.41) is 3.10. The molecule has 1 aromatic carbocycles. The van der Waals surface area contributed by atoms with Crippen LogP contribution in [0.5, 0.6) is 0 Å². The fourth-order valence-corrected chi connectivity index (χ4v) is 2.33. The summed E-state index contributed by atoms with van der Waals surface area (Å²) in [5.74, 6) is 0.908. The van der Waals surface area contributed by atoms with E-state index >= 15 is 0 Å². The molecule has 2 atom stereocenters. The van der Waals surface area contributed by atoms with Gasteiger partial charge in [0.1, 0.15) is 5.78 Å². The third-order valence-corrected chi connectivity index (χ3v) is 3.27. The smallest absolute Gasteiger partial charge is 0.149 e. The van der Waals surface area contributed by atoms with Crippen molar-refractivity contribution in [3.63, 3.8) is 0 Å². The topological polar surface area (TPSA) is 29.1 Å². The first kappa shape index (κ1) is 10.4. The summed E-state index contributed by atoms with van der Waals surface area (Å²) in [5.41, 5.74) is 1.37. The first-order valence-corrected chi connectivity index (χ1v) is 5.56. The number of ketones is 1. The Morgan fingerprint density at radius 1 is 1.27 bits per heavy atom. The lowest BCUT2D eigenvalue weighted by Gasteiger charge is -2.28. The molecule has 0 spiro atoms. The Balaban J connectivity index is 2.09. The van der Waals surface area contributed by atoms with E-state index in [2.05, 4.69) is 29.6 Å². The van der Waals surface area contributed by atoms with Crippen molar-refractivity contribution in [3.8, 4) is 0 Å². The van der Waals surface area contributed by atoms with Gasteiger partial charge < -0.3 is 5.32 Å². The number of hydrogen-bond donors (Lipinski definition) is 1. The van der Waals surface area contributed by atoms with Gasteiger partial charge in [0.15, 0.2) is 0 Å². The lowest BCUT2D eigenvalue weighted by Crippen LogP contribution is -2.38. The second kappa shape index (κ2) is 4.58. The van der Waals surface area contributed by atoms with Crippen molar-refractivity contribution in [1.82, 2.24) is 5.32 Å². The standard InChI is InChI=1S/C13H17NO/c1-14-12-9-11(7-8-13(12)15)10-5-3-2-4-6-10/h2-6,11-12,14H,7-9H2,1H3. The van der Waals surface area contributed by atoms with Gasteiger partial charge in [0.05, 0.1) is 6.04 Å². The molecule has 0 heterocycles. The van der Waals surface area contributed by atoms with Crippen molar-refractivity contribution in [2.24, 2.45) is 0 Å². The molecule has 2 rings (SSSR count). The molecule has 2 heteroatoms. The molecule has 80 valence electrons. The van der Waals surface area contributed by atoms with Crippen LogP contribution in [0.2, 0.25) is 0 Å². The largest absolute Gasteiger partial charge is 0.311 e. The second-order valence-corrected chi connectivity index (χ2v) is 4.19. The van der Waals surface area contributed by atoms with Gasteiger partial charge in [-0.15, -0.1) is 0 Å². The Labute approximate surface area is 90.7 Å². The van der Waals surface area contributed by atoms with E-state index in [9.17, 15) is 4.79 Å². The lowest BCUT2D eigenvalue weighted by molar-refractivity contribution is -0.122. The molecule has 15 heavy (non-hydrogen) atoms. The molecular weight excluding hydrogens is 186 g/mol. The molecule has 1 aliphatic carbocycles. The Morgan fingerprint density at radius 3 is 2.67 bits per heavy atom. The SMILES string of the molecule is CNC1CC(c2ccccc2)CCC1=O. The Bertz CT molecular complexity index is 334. The predicted octanol–water partition coefficient (Wildman–Crippen LogP) is 2.11. The number of rotatable bonds is 2. The summed E-state index contributed by atoms with van der Waals surface area (Å²) >= 11 is 0. The van der Waals surface area contributed by atoms with Crippen molar-refractivity contribution in [2.45, 2.75) is 31.2 Å². The maximum atomic E-state index is 11.5. The minimum Gasteiger partial charge on any atom is -0.311 e. The van der Waals surface area contributed by atoms with Crippen LogP contribution < -0.4 is 5.32 Å². The van der Waals surface area contributed by atoms with Gasteiger partial charge in [0.2, 0.25) is 0 Å². The van der Waals surface area contributed by atoms with E-state index in [1.165, 1.54) is 5.56 Å².